The highest BCUT2D eigenvalue weighted by molar-refractivity contribution is 5.97. The summed E-state index contributed by atoms with van der Waals surface area (Å²) in [6, 6.07) is 4.32. The number of carbonyl (C=O) groups is 2. The third kappa shape index (κ3) is 5.15. The lowest BCUT2D eigenvalue weighted by Gasteiger charge is -2.13. The number of rotatable bonds is 4. The lowest BCUT2D eigenvalue weighted by Crippen LogP contribution is -2.32. The van der Waals surface area contributed by atoms with Crippen LogP contribution in [0.25, 0.3) is 0 Å². The van der Waals surface area contributed by atoms with E-state index >= 15 is 0 Å². The number of anilines is 2. The molecular formula is C12H18ClN3O3. The van der Waals surface area contributed by atoms with E-state index < -0.39 is 6.04 Å². The van der Waals surface area contributed by atoms with Gasteiger partial charge in [0.2, 0.25) is 11.8 Å². The van der Waals surface area contributed by atoms with Gasteiger partial charge in [0.15, 0.2) is 0 Å². The standard InChI is InChI=1S/C12H17N3O3.ClH/c1-7(13)12(17)15-10-6-9(14-8(2)16)4-5-11(10)18-3;/h4-7H,13H2,1-3H3,(H,14,16)(H,15,17);1H/t7-;/m0./s1. The number of ether oxygens (including phenoxy) is 1. The molecule has 0 saturated heterocycles. The number of carbonyl (C=O) groups excluding carboxylic acids is 2. The molecule has 0 aliphatic rings. The van der Waals surface area contributed by atoms with Crippen LogP contribution in [-0.4, -0.2) is 25.0 Å². The van der Waals surface area contributed by atoms with E-state index in [9.17, 15) is 9.59 Å². The zero-order chi connectivity index (χ0) is 13.7. The molecule has 0 unspecified atom stereocenters. The predicted molar refractivity (Wildman–Crippen MR) is 76.8 cm³/mol. The van der Waals surface area contributed by atoms with Crippen LogP contribution in [0.15, 0.2) is 18.2 Å². The topological polar surface area (TPSA) is 93.5 Å². The number of benzene rings is 1. The van der Waals surface area contributed by atoms with Crippen molar-refractivity contribution in [3.63, 3.8) is 0 Å². The van der Waals surface area contributed by atoms with Gasteiger partial charge in [0.25, 0.3) is 0 Å². The molecular weight excluding hydrogens is 270 g/mol. The van der Waals surface area contributed by atoms with Crippen LogP contribution in [0.1, 0.15) is 13.8 Å². The highest BCUT2D eigenvalue weighted by Gasteiger charge is 2.12. The van der Waals surface area contributed by atoms with Crippen molar-refractivity contribution in [3.8, 4) is 5.75 Å². The molecule has 0 radical (unpaired) electrons. The average molecular weight is 288 g/mol. The third-order valence-electron chi connectivity index (χ3n) is 2.19. The summed E-state index contributed by atoms with van der Waals surface area (Å²) in [5, 5.41) is 5.26. The zero-order valence-electron chi connectivity index (χ0n) is 11.0. The Bertz CT molecular complexity index is 464. The number of halogens is 1. The summed E-state index contributed by atoms with van der Waals surface area (Å²) in [4.78, 5) is 22.5. The summed E-state index contributed by atoms with van der Waals surface area (Å²) in [6.45, 7) is 2.99. The van der Waals surface area contributed by atoms with Gasteiger partial charge >= 0.3 is 0 Å². The minimum atomic E-state index is -0.626. The number of nitrogens with one attached hydrogen (secondary N) is 2. The van der Waals surface area contributed by atoms with E-state index in [0.29, 0.717) is 17.1 Å². The molecule has 0 fully saturated rings. The first kappa shape index (κ1) is 17.2. The van der Waals surface area contributed by atoms with Gasteiger partial charge in [0, 0.05) is 12.6 Å². The second-order valence-electron chi connectivity index (χ2n) is 3.87. The minimum absolute atomic E-state index is 0. The molecule has 7 heteroatoms. The average Bonchev–Trinajstić information content (AvgIpc) is 2.28. The van der Waals surface area contributed by atoms with Gasteiger partial charge in [-0.1, -0.05) is 0 Å². The quantitative estimate of drug-likeness (QED) is 0.779. The Kier molecular flexibility index (Phi) is 6.89. The van der Waals surface area contributed by atoms with Crippen LogP contribution in [-0.2, 0) is 9.59 Å². The fourth-order valence-corrected chi connectivity index (χ4v) is 1.33. The van der Waals surface area contributed by atoms with Crippen molar-refractivity contribution < 1.29 is 14.3 Å². The fraction of sp³-hybridized carbons (Fsp3) is 0.333. The van der Waals surface area contributed by atoms with Gasteiger partial charge in [-0.2, -0.15) is 0 Å². The molecule has 0 heterocycles. The smallest absolute Gasteiger partial charge is 0.241 e. The first-order valence-electron chi connectivity index (χ1n) is 5.46. The van der Waals surface area contributed by atoms with E-state index in [1.807, 2.05) is 0 Å². The maximum Gasteiger partial charge on any atom is 0.241 e. The number of hydrogen-bond acceptors (Lipinski definition) is 4. The van der Waals surface area contributed by atoms with E-state index in [0.717, 1.165) is 0 Å². The molecule has 0 spiro atoms. The van der Waals surface area contributed by atoms with E-state index in [1.54, 1.807) is 25.1 Å². The van der Waals surface area contributed by atoms with E-state index in [1.165, 1.54) is 14.0 Å². The monoisotopic (exact) mass is 287 g/mol. The highest BCUT2D eigenvalue weighted by Crippen LogP contribution is 2.27. The van der Waals surface area contributed by atoms with Crippen LogP contribution >= 0.6 is 12.4 Å². The molecule has 0 aromatic heterocycles. The SMILES string of the molecule is COc1ccc(NC(C)=O)cc1NC(=O)[C@H](C)N.Cl. The molecule has 1 atom stereocenters. The molecule has 19 heavy (non-hydrogen) atoms. The van der Waals surface area contributed by atoms with Crippen molar-refractivity contribution in [1.82, 2.24) is 0 Å². The first-order valence-corrected chi connectivity index (χ1v) is 5.46. The summed E-state index contributed by atoms with van der Waals surface area (Å²) < 4.78 is 5.12. The van der Waals surface area contributed by atoms with Crippen molar-refractivity contribution in [2.24, 2.45) is 5.73 Å². The number of amides is 2. The number of hydrogen-bond donors (Lipinski definition) is 3. The van der Waals surface area contributed by atoms with Gasteiger partial charge < -0.3 is 21.1 Å². The van der Waals surface area contributed by atoms with E-state index in [-0.39, 0.29) is 24.2 Å². The largest absolute Gasteiger partial charge is 0.495 e. The van der Waals surface area contributed by atoms with Crippen LogP contribution in [0.2, 0.25) is 0 Å². The predicted octanol–water partition coefficient (Wildman–Crippen LogP) is 1.36. The molecule has 1 aromatic carbocycles. The molecule has 0 saturated carbocycles. The Morgan fingerprint density at radius 1 is 1.32 bits per heavy atom. The summed E-state index contributed by atoms with van der Waals surface area (Å²) in [5.41, 5.74) is 6.51. The van der Waals surface area contributed by atoms with Gasteiger partial charge in [0.1, 0.15) is 5.75 Å². The molecule has 6 nitrogen and oxygen atoms in total. The molecule has 0 bridgehead atoms. The molecule has 0 aliphatic heterocycles. The van der Waals surface area contributed by atoms with Crippen LogP contribution in [0.5, 0.6) is 5.75 Å². The molecule has 4 N–H and O–H groups in total. The molecule has 1 rings (SSSR count). The summed E-state index contributed by atoms with van der Waals surface area (Å²) in [7, 11) is 1.49. The van der Waals surface area contributed by atoms with Crippen molar-refractivity contribution in [2.45, 2.75) is 19.9 Å². The van der Waals surface area contributed by atoms with Gasteiger partial charge in [0.05, 0.1) is 18.8 Å². The number of nitrogens with two attached hydrogens (primary N) is 1. The summed E-state index contributed by atoms with van der Waals surface area (Å²) in [5.74, 6) is -0.0176. The second kappa shape index (κ2) is 7.60. The normalized spacial score (nSPS) is 10.9. The van der Waals surface area contributed by atoms with E-state index in [4.69, 9.17) is 10.5 Å². The first-order chi connectivity index (χ1) is 8.43. The second-order valence-corrected chi connectivity index (χ2v) is 3.87. The van der Waals surface area contributed by atoms with Crippen molar-refractivity contribution in [3.05, 3.63) is 18.2 Å². The van der Waals surface area contributed by atoms with Gasteiger partial charge in [-0.25, -0.2) is 0 Å². The highest BCUT2D eigenvalue weighted by atomic mass is 35.5. The van der Waals surface area contributed by atoms with Crippen LogP contribution in [0.3, 0.4) is 0 Å². The van der Waals surface area contributed by atoms with Crippen LogP contribution in [0.4, 0.5) is 11.4 Å². The summed E-state index contributed by atoms with van der Waals surface area (Å²) >= 11 is 0. The molecule has 0 aliphatic carbocycles. The van der Waals surface area contributed by atoms with Gasteiger partial charge in [-0.05, 0) is 25.1 Å². The molecule has 2 amide bonds. The van der Waals surface area contributed by atoms with Crippen molar-refractivity contribution in [2.75, 3.05) is 17.7 Å². The van der Waals surface area contributed by atoms with E-state index in [2.05, 4.69) is 10.6 Å². The van der Waals surface area contributed by atoms with Gasteiger partial charge in [-0.3, -0.25) is 9.59 Å². The number of methoxy groups -OCH3 is 1. The Hall–Kier alpha value is -1.79. The maximum atomic E-state index is 11.5. The Morgan fingerprint density at radius 2 is 1.95 bits per heavy atom. The Morgan fingerprint density at radius 3 is 2.42 bits per heavy atom. The van der Waals surface area contributed by atoms with Crippen molar-refractivity contribution in [1.29, 1.82) is 0 Å². The fourth-order valence-electron chi connectivity index (χ4n) is 1.33. The minimum Gasteiger partial charge on any atom is -0.495 e. The molecule has 1 aromatic rings. The lowest BCUT2D eigenvalue weighted by molar-refractivity contribution is -0.117. The zero-order valence-corrected chi connectivity index (χ0v) is 11.8. The van der Waals surface area contributed by atoms with Gasteiger partial charge in [-0.15, -0.1) is 12.4 Å². The summed E-state index contributed by atoms with van der Waals surface area (Å²) in [6.07, 6.45) is 0. The van der Waals surface area contributed by atoms with Crippen LogP contribution < -0.4 is 21.1 Å². The maximum absolute atomic E-state index is 11.5. The third-order valence-corrected chi connectivity index (χ3v) is 2.19. The molecule has 106 valence electrons. The Balaban J connectivity index is 0.00000324. The lowest BCUT2D eigenvalue weighted by atomic mass is 10.2. The Labute approximate surface area is 118 Å². The van der Waals surface area contributed by atoms with Crippen molar-refractivity contribution >= 4 is 35.6 Å². The van der Waals surface area contributed by atoms with Crippen LogP contribution in [0, 0.1) is 0 Å².